The number of benzene rings is 1. The van der Waals surface area contributed by atoms with Gasteiger partial charge in [0.05, 0.1) is 0 Å². The number of fused-ring (bicyclic) bond motifs is 2. The van der Waals surface area contributed by atoms with E-state index in [4.69, 9.17) is 0 Å². The van der Waals surface area contributed by atoms with Gasteiger partial charge in [-0.2, -0.15) is 0 Å². The van der Waals surface area contributed by atoms with Gasteiger partial charge < -0.3 is 5.32 Å². The van der Waals surface area contributed by atoms with Gasteiger partial charge in [-0.1, -0.05) is 24.3 Å². The van der Waals surface area contributed by atoms with Gasteiger partial charge in [0.15, 0.2) is 0 Å². The Kier molecular flexibility index (Phi) is 2.31. The van der Waals surface area contributed by atoms with Crippen LogP contribution < -0.4 is 5.32 Å². The molecule has 0 unspecified atom stereocenters. The van der Waals surface area contributed by atoms with Crippen LogP contribution in [0.2, 0.25) is 0 Å². The average molecular weight is 196 g/mol. The van der Waals surface area contributed by atoms with E-state index in [0.29, 0.717) is 6.04 Å². The van der Waals surface area contributed by atoms with Gasteiger partial charge in [-0.25, -0.2) is 0 Å². The Bertz CT molecular complexity index is 272. The molecular weight excluding hydrogens is 182 g/mol. The number of nitrogens with one attached hydrogen (secondary N) is 1. The Morgan fingerprint density at radius 1 is 1.08 bits per heavy atom. The monoisotopic (exact) mass is 195 g/mol. The molecule has 0 radical (unpaired) electrons. The van der Waals surface area contributed by atoms with Gasteiger partial charge in [-0.3, -0.25) is 0 Å². The molecule has 2 bridgehead atoms. The minimum atomic E-state index is 0. The summed E-state index contributed by atoms with van der Waals surface area (Å²) in [6.45, 7) is 1.20. The van der Waals surface area contributed by atoms with Crippen LogP contribution in [0.4, 0.5) is 0 Å². The summed E-state index contributed by atoms with van der Waals surface area (Å²) in [4.78, 5) is 0. The molecule has 1 aromatic carbocycles. The van der Waals surface area contributed by atoms with E-state index >= 15 is 0 Å². The lowest BCUT2D eigenvalue weighted by Crippen LogP contribution is -2.38. The van der Waals surface area contributed by atoms with Crippen LogP contribution in [0.3, 0.4) is 0 Å². The third-order valence-corrected chi connectivity index (χ3v) is 3.23. The summed E-state index contributed by atoms with van der Waals surface area (Å²) >= 11 is 0. The molecule has 4 rings (SSSR count). The molecule has 1 aromatic rings. The van der Waals surface area contributed by atoms with Crippen molar-refractivity contribution in [3.8, 4) is 0 Å². The van der Waals surface area contributed by atoms with Crippen LogP contribution in [0.15, 0.2) is 24.3 Å². The number of hydrogen-bond donors (Lipinski definition) is 1. The summed E-state index contributed by atoms with van der Waals surface area (Å²) in [5.74, 6) is 0.797. The molecule has 13 heavy (non-hydrogen) atoms. The largest absolute Gasteiger partial charge is 0.309 e. The van der Waals surface area contributed by atoms with E-state index in [0.717, 1.165) is 5.92 Å². The summed E-state index contributed by atoms with van der Waals surface area (Å²) in [6.07, 6.45) is 2.72. The molecule has 1 nitrogen and oxygen atoms in total. The lowest BCUT2D eigenvalue weighted by molar-refractivity contribution is 0.338. The molecule has 2 atom stereocenters. The predicted molar refractivity (Wildman–Crippen MR) is 56.4 cm³/mol. The molecule has 0 amide bonds. The Labute approximate surface area is 84.9 Å². The van der Waals surface area contributed by atoms with E-state index in [1.165, 1.54) is 19.4 Å². The van der Waals surface area contributed by atoms with Crippen molar-refractivity contribution in [1.82, 2.24) is 5.32 Å². The van der Waals surface area contributed by atoms with Crippen LogP contribution in [0, 0.1) is 0 Å². The second kappa shape index (κ2) is 3.32. The molecule has 1 fully saturated rings. The molecule has 3 aliphatic rings. The maximum Gasteiger partial charge on any atom is 0.0323 e. The highest BCUT2D eigenvalue weighted by Crippen LogP contribution is 2.40. The third-order valence-electron chi connectivity index (χ3n) is 3.23. The van der Waals surface area contributed by atoms with Gasteiger partial charge in [0, 0.05) is 12.6 Å². The molecule has 2 heteroatoms. The van der Waals surface area contributed by atoms with Crippen molar-refractivity contribution in [1.29, 1.82) is 0 Å². The zero-order valence-electron chi connectivity index (χ0n) is 7.49. The smallest absolute Gasteiger partial charge is 0.0323 e. The van der Waals surface area contributed by atoms with Crippen molar-refractivity contribution in [2.24, 2.45) is 0 Å². The second-order valence-corrected chi connectivity index (χ2v) is 3.86. The second-order valence-electron chi connectivity index (χ2n) is 3.86. The van der Waals surface area contributed by atoms with Gasteiger partial charge in [0.25, 0.3) is 0 Å². The van der Waals surface area contributed by atoms with Crippen molar-refractivity contribution >= 4 is 12.4 Å². The molecule has 0 spiro atoms. The normalized spacial score (nSPS) is 29.2. The van der Waals surface area contributed by atoms with Crippen LogP contribution in [-0.4, -0.2) is 6.54 Å². The third kappa shape index (κ3) is 1.27. The highest BCUT2D eigenvalue weighted by Gasteiger charge is 2.31. The molecule has 1 N–H and O–H groups in total. The van der Waals surface area contributed by atoms with Crippen LogP contribution in [0.1, 0.15) is 35.9 Å². The Morgan fingerprint density at radius 2 is 1.85 bits per heavy atom. The first-order valence-electron chi connectivity index (χ1n) is 4.77. The van der Waals surface area contributed by atoms with Gasteiger partial charge in [-0.15, -0.1) is 12.4 Å². The van der Waals surface area contributed by atoms with Crippen molar-refractivity contribution in [3.05, 3.63) is 35.4 Å². The summed E-state index contributed by atoms with van der Waals surface area (Å²) in [6, 6.07) is 9.55. The maximum absolute atomic E-state index is 3.57. The Morgan fingerprint density at radius 3 is 2.46 bits per heavy atom. The van der Waals surface area contributed by atoms with Crippen LogP contribution in [-0.2, 0) is 0 Å². The van der Waals surface area contributed by atoms with Crippen molar-refractivity contribution in [3.63, 3.8) is 0 Å². The van der Waals surface area contributed by atoms with Crippen molar-refractivity contribution in [2.75, 3.05) is 6.54 Å². The van der Waals surface area contributed by atoms with E-state index in [1.54, 1.807) is 11.1 Å². The highest BCUT2D eigenvalue weighted by molar-refractivity contribution is 5.85. The zero-order chi connectivity index (χ0) is 7.97. The van der Waals surface area contributed by atoms with Crippen molar-refractivity contribution in [2.45, 2.75) is 24.8 Å². The van der Waals surface area contributed by atoms with E-state index in [9.17, 15) is 0 Å². The Hall–Kier alpha value is -0.530. The van der Waals surface area contributed by atoms with Crippen molar-refractivity contribution < 1.29 is 0 Å². The van der Waals surface area contributed by atoms with E-state index in [1.807, 2.05) is 0 Å². The Balaban J connectivity index is 0.000000653. The average Bonchev–Trinajstić information content (AvgIpc) is 2.20. The first-order chi connectivity index (χ1) is 5.95. The van der Waals surface area contributed by atoms with Crippen LogP contribution in [0.5, 0.6) is 0 Å². The van der Waals surface area contributed by atoms with Gasteiger partial charge in [0.1, 0.15) is 0 Å². The van der Waals surface area contributed by atoms with Gasteiger partial charge in [-0.05, 0) is 29.9 Å². The van der Waals surface area contributed by atoms with Crippen LogP contribution in [0.25, 0.3) is 0 Å². The highest BCUT2D eigenvalue weighted by atomic mass is 35.5. The fourth-order valence-corrected chi connectivity index (χ4v) is 2.59. The standard InChI is InChI=1S/C11H13N.ClH/c1-2-4-10-9(3-1)8-5-6-11(10)12-7-8;/h1-4,8,11-12H,5-7H2;1H/t8-,11-;/m0./s1. The minimum Gasteiger partial charge on any atom is -0.309 e. The fraction of sp³-hybridized carbons (Fsp3) is 0.455. The number of hydrogen-bond acceptors (Lipinski definition) is 1. The first-order valence-corrected chi connectivity index (χ1v) is 4.77. The van der Waals surface area contributed by atoms with E-state index in [-0.39, 0.29) is 12.4 Å². The molecule has 70 valence electrons. The molecule has 2 heterocycles. The number of halogens is 1. The summed E-state index contributed by atoms with van der Waals surface area (Å²) in [7, 11) is 0. The topological polar surface area (TPSA) is 12.0 Å². The lowest BCUT2D eigenvalue weighted by Gasteiger charge is -2.39. The molecular formula is C11H14ClN. The lowest BCUT2D eigenvalue weighted by atomic mass is 9.76. The zero-order valence-corrected chi connectivity index (χ0v) is 8.31. The molecule has 0 aromatic heterocycles. The fourth-order valence-electron chi connectivity index (χ4n) is 2.59. The van der Waals surface area contributed by atoms with Crippen LogP contribution >= 0.6 is 12.4 Å². The quantitative estimate of drug-likeness (QED) is 0.671. The van der Waals surface area contributed by atoms with Gasteiger partial charge in [0.2, 0.25) is 0 Å². The molecule has 1 saturated heterocycles. The van der Waals surface area contributed by atoms with E-state index in [2.05, 4.69) is 29.6 Å². The summed E-state index contributed by atoms with van der Waals surface area (Å²) in [5, 5.41) is 3.57. The predicted octanol–water partition coefficient (Wildman–Crippen LogP) is 2.63. The van der Waals surface area contributed by atoms with Gasteiger partial charge >= 0.3 is 0 Å². The molecule has 0 saturated carbocycles. The van der Waals surface area contributed by atoms with E-state index < -0.39 is 0 Å². The minimum absolute atomic E-state index is 0. The number of rotatable bonds is 0. The molecule has 2 aliphatic heterocycles. The maximum atomic E-state index is 3.57. The summed E-state index contributed by atoms with van der Waals surface area (Å²) < 4.78 is 0. The summed E-state index contributed by atoms with van der Waals surface area (Å²) in [5.41, 5.74) is 3.16. The molecule has 1 aliphatic carbocycles. The first kappa shape index (κ1) is 9.04. The number of piperidine rings is 1. The SMILES string of the molecule is Cl.c1ccc2c(c1)[C@H]1CC[C@@H]2NC1.